The van der Waals surface area contributed by atoms with Gasteiger partial charge in [0.2, 0.25) is 0 Å². The van der Waals surface area contributed by atoms with Crippen molar-refractivity contribution in [1.29, 1.82) is 0 Å². The number of benzene rings is 1. The summed E-state index contributed by atoms with van der Waals surface area (Å²) in [5, 5.41) is 22.8. The Labute approximate surface area is 133 Å². The molecule has 0 aromatic heterocycles. The number of hydrogen-bond acceptors (Lipinski definition) is 6. The molecule has 1 rings (SSSR count). The van der Waals surface area contributed by atoms with Crippen LogP contribution in [-0.4, -0.2) is 33.9 Å². The number of carbonyl (C=O) groups is 2. The summed E-state index contributed by atoms with van der Waals surface area (Å²) in [5.41, 5.74) is 6.87. The molecule has 6 N–H and O–H groups in total. The van der Waals surface area contributed by atoms with Gasteiger partial charge >= 0.3 is 6.09 Å². The zero-order chi connectivity index (χ0) is 17.6. The van der Waals surface area contributed by atoms with Gasteiger partial charge in [0.15, 0.2) is 5.84 Å². The number of amidine groups is 1. The highest BCUT2D eigenvalue weighted by Gasteiger charge is 2.26. The van der Waals surface area contributed by atoms with Gasteiger partial charge in [-0.1, -0.05) is 23.4 Å². The Hall–Kier alpha value is -2.81. The standard InChI is InChI=1S/C14H20N4O5/c1-14(2,3)23-13(20)16-10(12(19)18-22)8-5-4-6-9(7-8)11(15)17-21/h4-7,10,21-22H,1-3H3,(H2,15,17)(H,16,20)(H,18,19). The van der Waals surface area contributed by atoms with Crippen LogP contribution in [0.25, 0.3) is 0 Å². The summed E-state index contributed by atoms with van der Waals surface area (Å²) in [6.07, 6.45) is -0.833. The first kappa shape index (κ1) is 18.2. The quantitative estimate of drug-likeness (QED) is 0.182. The number of hydroxylamine groups is 1. The summed E-state index contributed by atoms with van der Waals surface area (Å²) in [6, 6.07) is 4.86. The average Bonchev–Trinajstić information content (AvgIpc) is 2.49. The Morgan fingerprint density at radius 1 is 1.35 bits per heavy atom. The molecule has 0 fully saturated rings. The van der Waals surface area contributed by atoms with E-state index >= 15 is 0 Å². The van der Waals surface area contributed by atoms with Gasteiger partial charge in [-0.15, -0.1) is 0 Å². The van der Waals surface area contributed by atoms with Crippen molar-refractivity contribution in [2.75, 3.05) is 0 Å². The molecule has 0 heterocycles. The fourth-order valence-corrected chi connectivity index (χ4v) is 1.73. The molecule has 126 valence electrons. The van der Waals surface area contributed by atoms with E-state index in [2.05, 4.69) is 10.5 Å². The largest absolute Gasteiger partial charge is 0.444 e. The van der Waals surface area contributed by atoms with Gasteiger partial charge < -0.3 is 21.0 Å². The minimum absolute atomic E-state index is 0.160. The van der Waals surface area contributed by atoms with Crippen LogP contribution in [0.1, 0.15) is 37.9 Å². The van der Waals surface area contributed by atoms with Crippen molar-refractivity contribution < 1.29 is 24.7 Å². The second-order valence-electron chi connectivity index (χ2n) is 5.67. The highest BCUT2D eigenvalue weighted by atomic mass is 16.6. The molecule has 2 amide bonds. The van der Waals surface area contributed by atoms with E-state index in [4.69, 9.17) is 20.9 Å². The molecule has 23 heavy (non-hydrogen) atoms. The number of alkyl carbamates (subject to hydrolysis) is 1. The zero-order valence-corrected chi connectivity index (χ0v) is 13.0. The SMILES string of the molecule is CC(C)(C)OC(=O)NC(C(=O)NO)c1cccc(/C(N)=N\O)c1. The maximum atomic E-state index is 11.9. The van der Waals surface area contributed by atoms with Crippen LogP contribution >= 0.6 is 0 Å². The lowest BCUT2D eigenvalue weighted by Crippen LogP contribution is -2.41. The van der Waals surface area contributed by atoms with Crippen LogP contribution in [0.5, 0.6) is 0 Å². The van der Waals surface area contributed by atoms with E-state index in [0.29, 0.717) is 11.1 Å². The lowest BCUT2D eigenvalue weighted by atomic mass is 10.0. The zero-order valence-electron chi connectivity index (χ0n) is 13.0. The van der Waals surface area contributed by atoms with Crippen LogP contribution in [0.15, 0.2) is 29.4 Å². The van der Waals surface area contributed by atoms with E-state index in [1.54, 1.807) is 32.9 Å². The van der Waals surface area contributed by atoms with Crippen LogP contribution in [0.2, 0.25) is 0 Å². The minimum Gasteiger partial charge on any atom is -0.444 e. The van der Waals surface area contributed by atoms with E-state index in [0.717, 1.165) is 0 Å². The lowest BCUT2D eigenvalue weighted by molar-refractivity contribution is -0.131. The Kier molecular flexibility index (Phi) is 5.91. The predicted molar refractivity (Wildman–Crippen MR) is 81.0 cm³/mol. The van der Waals surface area contributed by atoms with Crippen LogP contribution in [0, 0.1) is 0 Å². The lowest BCUT2D eigenvalue weighted by Gasteiger charge is -2.23. The number of nitrogens with zero attached hydrogens (tertiary/aromatic N) is 1. The highest BCUT2D eigenvalue weighted by molar-refractivity contribution is 5.97. The van der Waals surface area contributed by atoms with E-state index in [9.17, 15) is 9.59 Å². The van der Waals surface area contributed by atoms with E-state index in [-0.39, 0.29) is 5.84 Å². The second-order valence-corrected chi connectivity index (χ2v) is 5.67. The molecular weight excluding hydrogens is 304 g/mol. The maximum absolute atomic E-state index is 11.9. The van der Waals surface area contributed by atoms with Crippen molar-refractivity contribution in [3.8, 4) is 0 Å². The van der Waals surface area contributed by atoms with Crippen LogP contribution in [0.4, 0.5) is 4.79 Å². The monoisotopic (exact) mass is 324 g/mol. The third kappa shape index (κ3) is 5.47. The third-order valence-corrected chi connectivity index (χ3v) is 2.66. The van der Waals surface area contributed by atoms with Crippen molar-refractivity contribution in [3.63, 3.8) is 0 Å². The van der Waals surface area contributed by atoms with Gasteiger partial charge in [-0.2, -0.15) is 0 Å². The Balaban J connectivity index is 3.08. The van der Waals surface area contributed by atoms with Crippen molar-refractivity contribution >= 4 is 17.8 Å². The minimum atomic E-state index is -1.22. The third-order valence-electron chi connectivity index (χ3n) is 2.66. The molecule has 0 aliphatic rings. The van der Waals surface area contributed by atoms with Gasteiger partial charge in [0.25, 0.3) is 5.91 Å². The van der Waals surface area contributed by atoms with Crippen molar-refractivity contribution in [2.45, 2.75) is 32.4 Å². The first-order valence-electron chi connectivity index (χ1n) is 6.69. The van der Waals surface area contributed by atoms with Gasteiger partial charge in [-0.25, -0.2) is 10.3 Å². The van der Waals surface area contributed by atoms with Gasteiger partial charge in [0.05, 0.1) is 0 Å². The molecule has 1 aromatic rings. The van der Waals surface area contributed by atoms with Crippen molar-refractivity contribution in [2.24, 2.45) is 10.9 Å². The van der Waals surface area contributed by atoms with Gasteiger partial charge in [-0.3, -0.25) is 10.0 Å². The summed E-state index contributed by atoms with van der Waals surface area (Å²) >= 11 is 0. The smallest absolute Gasteiger partial charge is 0.408 e. The summed E-state index contributed by atoms with van der Waals surface area (Å²) in [7, 11) is 0. The van der Waals surface area contributed by atoms with E-state index in [1.165, 1.54) is 17.6 Å². The van der Waals surface area contributed by atoms with Gasteiger partial charge in [0, 0.05) is 5.56 Å². The number of carbonyl (C=O) groups excluding carboxylic acids is 2. The maximum Gasteiger partial charge on any atom is 0.408 e. The number of rotatable bonds is 4. The molecule has 0 radical (unpaired) electrons. The second kappa shape index (κ2) is 7.45. The number of ether oxygens (including phenoxy) is 1. The number of nitrogens with two attached hydrogens (primary N) is 1. The number of amides is 2. The molecule has 9 nitrogen and oxygen atoms in total. The van der Waals surface area contributed by atoms with Gasteiger partial charge in [-0.05, 0) is 32.4 Å². The first-order chi connectivity index (χ1) is 10.7. The molecule has 1 aromatic carbocycles. The molecule has 0 aliphatic heterocycles. The van der Waals surface area contributed by atoms with Crippen LogP contribution in [0.3, 0.4) is 0 Å². The molecule has 1 atom stereocenters. The fourth-order valence-electron chi connectivity index (χ4n) is 1.73. The van der Waals surface area contributed by atoms with Crippen molar-refractivity contribution in [1.82, 2.24) is 10.8 Å². The van der Waals surface area contributed by atoms with Crippen LogP contribution < -0.4 is 16.5 Å². The number of hydrogen-bond donors (Lipinski definition) is 5. The van der Waals surface area contributed by atoms with E-state index in [1.807, 2.05) is 0 Å². The highest BCUT2D eigenvalue weighted by Crippen LogP contribution is 2.17. The molecule has 0 saturated carbocycles. The molecule has 0 saturated heterocycles. The Bertz CT molecular complexity index is 609. The topological polar surface area (TPSA) is 146 Å². The molecular formula is C14H20N4O5. The summed E-state index contributed by atoms with van der Waals surface area (Å²) in [5.74, 6) is -1.03. The summed E-state index contributed by atoms with van der Waals surface area (Å²) in [4.78, 5) is 23.7. The van der Waals surface area contributed by atoms with Gasteiger partial charge in [0.1, 0.15) is 11.6 Å². The summed E-state index contributed by atoms with van der Waals surface area (Å²) in [6.45, 7) is 5.02. The molecule has 9 heteroatoms. The first-order valence-corrected chi connectivity index (χ1v) is 6.69. The fraction of sp³-hybridized carbons (Fsp3) is 0.357. The number of oxime groups is 1. The molecule has 0 bridgehead atoms. The Morgan fingerprint density at radius 2 is 2.00 bits per heavy atom. The van der Waals surface area contributed by atoms with Crippen molar-refractivity contribution in [3.05, 3.63) is 35.4 Å². The molecule has 0 aliphatic carbocycles. The Morgan fingerprint density at radius 3 is 2.52 bits per heavy atom. The predicted octanol–water partition coefficient (Wildman–Crippen LogP) is 0.852. The van der Waals surface area contributed by atoms with E-state index < -0.39 is 23.6 Å². The average molecular weight is 324 g/mol. The van der Waals surface area contributed by atoms with Crippen LogP contribution in [-0.2, 0) is 9.53 Å². The molecule has 1 unspecified atom stereocenters. The summed E-state index contributed by atoms with van der Waals surface area (Å²) < 4.78 is 5.08. The normalized spacial score (nSPS) is 13.1. The molecule has 0 spiro atoms. The number of nitrogens with one attached hydrogen (secondary N) is 2.